The highest BCUT2D eigenvalue weighted by Crippen LogP contribution is 2.29. The highest BCUT2D eigenvalue weighted by molar-refractivity contribution is 5.36. The molecule has 0 aliphatic carbocycles. The molecule has 78 valence electrons. The molecule has 0 heterocycles. The van der Waals surface area contributed by atoms with Gasteiger partial charge < -0.3 is 15.9 Å². The molecule has 1 aromatic rings. The van der Waals surface area contributed by atoms with E-state index in [1.54, 1.807) is 0 Å². The van der Waals surface area contributed by atoms with Crippen LogP contribution in [0.5, 0.6) is 5.75 Å². The lowest BCUT2D eigenvalue weighted by Gasteiger charge is -2.16. The largest absolute Gasteiger partial charge is 0.505 e. The number of phenols is 1. The molecule has 1 aromatic carbocycles. The number of phenolic OH excluding ortho intramolecular Hbond substituents is 1. The van der Waals surface area contributed by atoms with Crippen molar-refractivity contribution >= 4 is 0 Å². The first-order chi connectivity index (χ1) is 6.43. The fourth-order valence-corrected chi connectivity index (χ4v) is 1.09. The average molecular weight is 203 g/mol. The van der Waals surface area contributed by atoms with Crippen molar-refractivity contribution in [3.8, 4) is 5.75 Å². The van der Waals surface area contributed by atoms with Gasteiger partial charge in [-0.15, -0.1) is 0 Å². The Morgan fingerprint density at radius 3 is 2.43 bits per heavy atom. The van der Waals surface area contributed by atoms with Crippen LogP contribution in [0.1, 0.15) is 18.6 Å². The molecule has 0 aliphatic heterocycles. The van der Waals surface area contributed by atoms with Crippen LogP contribution in [0.25, 0.3) is 0 Å². The van der Waals surface area contributed by atoms with E-state index in [9.17, 15) is 19.0 Å². The molecule has 0 bridgehead atoms. The first kappa shape index (κ1) is 10.9. The molecule has 0 aromatic heterocycles. The lowest BCUT2D eigenvalue weighted by molar-refractivity contribution is 0.148. The summed E-state index contributed by atoms with van der Waals surface area (Å²) < 4.78 is 25.6. The fourth-order valence-electron chi connectivity index (χ4n) is 1.09. The van der Waals surface area contributed by atoms with E-state index in [0.717, 1.165) is 6.07 Å². The van der Waals surface area contributed by atoms with Gasteiger partial charge in [0, 0.05) is 17.7 Å². The summed E-state index contributed by atoms with van der Waals surface area (Å²) >= 11 is 0. The molecule has 0 saturated heterocycles. The van der Waals surface area contributed by atoms with Gasteiger partial charge in [-0.3, -0.25) is 0 Å². The monoisotopic (exact) mass is 203 g/mol. The maximum absolute atomic E-state index is 12.8. The zero-order valence-corrected chi connectivity index (χ0v) is 7.54. The summed E-state index contributed by atoms with van der Waals surface area (Å²) in [6, 6.07) is 0.668. The smallest absolute Gasteiger partial charge is 0.168 e. The molecule has 5 heteroatoms. The number of aliphatic hydroxyl groups is 1. The Labute approximate surface area is 79.8 Å². The van der Waals surface area contributed by atoms with Gasteiger partial charge in [0.05, 0.1) is 6.10 Å². The summed E-state index contributed by atoms with van der Waals surface area (Å²) in [5, 5.41) is 18.6. The first-order valence-electron chi connectivity index (χ1n) is 4.05. The summed E-state index contributed by atoms with van der Waals surface area (Å²) in [6.07, 6.45) is -1.29. The van der Waals surface area contributed by atoms with Crippen LogP contribution in [0.3, 0.4) is 0 Å². The van der Waals surface area contributed by atoms with E-state index in [-0.39, 0.29) is 5.56 Å². The highest BCUT2D eigenvalue weighted by Gasteiger charge is 2.20. The number of nitrogens with two attached hydrogens (primary N) is 1. The Morgan fingerprint density at radius 2 is 1.93 bits per heavy atom. The van der Waals surface area contributed by atoms with Crippen LogP contribution in [-0.2, 0) is 0 Å². The van der Waals surface area contributed by atoms with Gasteiger partial charge in [-0.25, -0.2) is 8.78 Å². The minimum atomic E-state index is -1.29. The van der Waals surface area contributed by atoms with Crippen molar-refractivity contribution in [3.63, 3.8) is 0 Å². The van der Waals surface area contributed by atoms with Gasteiger partial charge in [-0.05, 0) is 13.0 Å². The maximum atomic E-state index is 12.8. The second-order valence-corrected chi connectivity index (χ2v) is 3.13. The fraction of sp³-hybridized carbons (Fsp3) is 0.333. The molecule has 4 N–H and O–H groups in total. The minimum Gasteiger partial charge on any atom is -0.505 e. The van der Waals surface area contributed by atoms with E-state index in [1.807, 2.05) is 0 Å². The van der Waals surface area contributed by atoms with Crippen LogP contribution in [0.15, 0.2) is 12.1 Å². The molecule has 3 nitrogen and oxygen atoms in total. The molecule has 2 atom stereocenters. The Morgan fingerprint density at radius 1 is 1.36 bits per heavy atom. The predicted molar refractivity (Wildman–Crippen MR) is 46.6 cm³/mol. The first-order valence-corrected chi connectivity index (χ1v) is 4.05. The van der Waals surface area contributed by atoms with Gasteiger partial charge in [0.2, 0.25) is 0 Å². The molecule has 0 unspecified atom stereocenters. The number of halogens is 2. The van der Waals surface area contributed by atoms with Gasteiger partial charge in [-0.1, -0.05) is 0 Å². The Bertz CT molecular complexity index is 342. The molecular formula is C9H11F2NO2. The Hall–Kier alpha value is -1.20. The molecule has 0 spiro atoms. The highest BCUT2D eigenvalue weighted by atomic mass is 19.1. The van der Waals surface area contributed by atoms with Gasteiger partial charge in [-0.2, -0.15) is 0 Å². The molecular weight excluding hydrogens is 192 g/mol. The van der Waals surface area contributed by atoms with Gasteiger partial charge >= 0.3 is 0 Å². The standard InChI is InChI=1S/C9H11F2NO2/c1-4(12)8(13)6-2-5(10)3-7(11)9(6)14/h2-4,8,13-14H,12H2,1H3/t4-,8-/m1/s1. The summed E-state index contributed by atoms with van der Waals surface area (Å²) in [4.78, 5) is 0. The lowest BCUT2D eigenvalue weighted by atomic mass is 10.0. The van der Waals surface area contributed by atoms with Crippen molar-refractivity contribution in [1.29, 1.82) is 0 Å². The van der Waals surface area contributed by atoms with Crippen molar-refractivity contribution in [1.82, 2.24) is 0 Å². The normalized spacial score (nSPS) is 15.2. The third-order valence-corrected chi connectivity index (χ3v) is 1.87. The average Bonchev–Trinajstić information content (AvgIpc) is 2.09. The van der Waals surface area contributed by atoms with Gasteiger partial charge in [0.15, 0.2) is 11.6 Å². The number of aliphatic hydroxyl groups excluding tert-OH is 1. The number of hydrogen-bond donors (Lipinski definition) is 3. The Kier molecular flexibility index (Phi) is 3.03. The molecule has 1 rings (SSSR count). The molecule has 0 aliphatic rings. The molecule has 0 saturated carbocycles. The van der Waals surface area contributed by atoms with Crippen LogP contribution in [-0.4, -0.2) is 16.3 Å². The van der Waals surface area contributed by atoms with Crippen molar-refractivity contribution in [3.05, 3.63) is 29.3 Å². The van der Waals surface area contributed by atoms with Gasteiger partial charge in [0.25, 0.3) is 0 Å². The van der Waals surface area contributed by atoms with Gasteiger partial charge in [0.1, 0.15) is 5.82 Å². The third-order valence-electron chi connectivity index (χ3n) is 1.87. The lowest BCUT2D eigenvalue weighted by Crippen LogP contribution is -2.24. The SMILES string of the molecule is C[C@@H](N)[C@@H](O)c1cc(F)cc(F)c1O. The zero-order chi connectivity index (χ0) is 10.9. The van der Waals surface area contributed by atoms with E-state index >= 15 is 0 Å². The number of rotatable bonds is 2. The summed E-state index contributed by atoms with van der Waals surface area (Å²) in [5.41, 5.74) is 5.09. The van der Waals surface area contributed by atoms with E-state index in [1.165, 1.54) is 6.92 Å². The maximum Gasteiger partial charge on any atom is 0.168 e. The summed E-state index contributed by atoms with van der Waals surface area (Å²) in [7, 11) is 0. The van der Waals surface area contributed by atoms with Crippen LogP contribution in [0.4, 0.5) is 8.78 Å². The third kappa shape index (κ3) is 2.00. The second kappa shape index (κ2) is 3.89. The van der Waals surface area contributed by atoms with Crippen molar-refractivity contribution in [2.75, 3.05) is 0 Å². The molecule has 0 amide bonds. The van der Waals surface area contributed by atoms with E-state index in [4.69, 9.17) is 5.73 Å². The topological polar surface area (TPSA) is 66.5 Å². The van der Waals surface area contributed by atoms with Crippen molar-refractivity contribution in [2.45, 2.75) is 19.1 Å². The van der Waals surface area contributed by atoms with E-state index in [0.29, 0.717) is 6.07 Å². The zero-order valence-electron chi connectivity index (χ0n) is 7.54. The molecule has 14 heavy (non-hydrogen) atoms. The quantitative estimate of drug-likeness (QED) is 0.673. The minimum absolute atomic E-state index is 0.238. The van der Waals surface area contributed by atoms with Crippen molar-refractivity contribution < 1.29 is 19.0 Å². The number of aromatic hydroxyl groups is 1. The number of hydrogen-bond acceptors (Lipinski definition) is 3. The Balaban J connectivity index is 3.20. The predicted octanol–water partition coefficient (Wildman–Crippen LogP) is 1.05. The second-order valence-electron chi connectivity index (χ2n) is 3.13. The summed E-state index contributed by atoms with van der Waals surface area (Å²) in [5.74, 6) is -2.74. The van der Waals surface area contributed by atoms with Crippen LogP contribution >= 0.6 is 0 Å². The van der Waals surface area contributed by atoms with Crippen LogP contribution in [0, 0.1) is 11.6 Å². The van der Waals surface area contributed by atoms with Crippen LogP contribution in [0.2, 0.25) is 0 Å². The molecule has 0 radical (unpaired) electrons. The van der Waals surface area contributed by atoms with E-state index in [2.05, 4.69) is 0 Å². The summed E-state index contributed by atoms with van der Waals surface area (Å²) in [6.45, 7) is 1.47. The van der Waals surface area contributed by atoms with Crippen LogP contribution < -0.4 is 5.73 Å². The van der Waals surface area contributed by atoms with E-state index < -0.39 is 29.5 Å². The number of benzene rings is 1. The van der Waals surface area contributed by atoms with Crippen molar-refractivity contribution in [2.24, 2.45) is 5.73 Å². The molecule has 0 fully saturated rings.